The third-order valence-corrected chi connectivity index (χ3v) is 4.34. The molecule has 1 aliphatic heterocycles. The molecule has 2 fully saturated rings. The third-order valence-electron chi connectivity index (χ3n) is 4.34. The number of carbonyl (C=O) groups excluding carboxylic acids is 1. The van der Waals surface area contributed by atoms with E-state index < -0.39 is 11.9 Å². The number of piperidine rings is 1. The maximum absolute atomic E-state index is 12.2. The average Bonchev–Trinajstić information content (AvgIpc) is 2.85. The molecule has 20 heavy (non-hydrogen) atoms. The highest BCUT2D eigenvalue weighted by Crippen LogP contribution is 2.24. The number of hydrogen-bond acceptors (Lipinski definition) is 3. The number of nitrogens with one attached hydrogen (secondary N) is 1. The minimum Gasteiger partial charge on any atom is -0.481 e. The highest BCUT2D eigenvalue weighted by atomic mass is 16.5. The quantitative estimate of drug-likeness (QED) is 0.819. The fourth-order valence-corrected chi connectivity index (χ4v) is 3.25. The summed E-state index contributed by atoms with van der Waals surface area (Å²) in [6, 6.07) is 0.0116. The Balaban J connectivity index is 1.87. The van der Waals surface area contributed by atoms with E-state index in [4.69, 9.17) is 9.84 Å². The Morgan fingerprint density at radius 3 is 2.60 bits per heavy atom. The number of carbonyl (C=O) groups is 2. The molecule has 6 nitrogen and oxygen atoms in total. The molecule has 0 radical (unpaired) electrons. The molecule has 2 N–H and O–H groups in total. The predicted octanol–water partition coefficient (Wildman–Crippen LogP) is 1.31. The Labute approximate surface area is 119 Å². The lowest BCUT2D eigenvalue weighted by Gasteiger charge is -2.35. The summed E-state index contributed by atoms with van der Waals surface area (Å²) >= 11 is 0. The molecule has 2 aliphatic rings. The van der Waals surface area contributed by atoms with Crippen molar-refractivity contribution >= 4 is 12.0 Å². The molecule has 0 aromatic heterocycles. The molecule has 6 heteroatoms. The molecular formula is C14H24N2O4. The smallest absolute Gasteiger partial charge is 0.317 e. The highest BCUT2D eigenvalue weighted by Gasteiger charge is 2.33. The van der Waals surface area contributed by atoms with Crippen molar-refractivity contribution in [3.63, 3.8) is 0 Å². The molecule has 2 rings (SSSR count). The molecular weight excluding hydrogens is 260 g/mol. The first kappa shape index (κ1) is 15.1. The Bertz CT molecular complexity index is 374. The lowest BCUT2D eigenvalue weighted by molar-refractivity contribution is -0.143. The van der Waals surface area contributed by atoms with Crippen LogP contribution in [0, 0.1) is 11.8 Å². The monoisotopic (exact) mass is 284 g/mol. The topological polar surface area (TPSA) is 78.9 Å². The Morgan fingerprint density at radius 1 is 1.25 bits per heavy atom. The Morgan fingerprint density at radius 2 is 2.00 bits per heavy atom. The van der Waals surface area contributed by atoms with Gasteiger partial charge in [-0.25, -0.2) is 4.79 Å². The molecule has 4 unspecified atom stereocenters. The summed E-state index contributed by atoms with van der Waals surface area (Å²) in [6.45, 7) is 2.94. The van der Waals surface area contributed by atoms with Gasteiger partial charge in [-0.2, -0.15) is 0 Å². The largest absolute Gasteiger partial charge is 0.481 e. The summed E-state index contributed by atoms with van der Waals surface area (Å²) in [5.41, 5.74) is 0. The summed E-state index contributed by atoms with van der Waals surface area (Å²) in [5.74, 6) is -1.03. The average molecular weight is 284 g/mol. The zero-order chi connectivity index (χ0) is 14.7. The van der Waals surface area contributed by atoms with Crippen LogP contribution in [0.4, 0.5) is 4.79 Å². The normalized spacial score (nSPS) is 34.0. The zero-order valence-corrected chi connectivity index (χ0v) is 12.2. The van der Waals surface area contributed by atoms with Crippen LogP contribution in [0.3, 0.4) is 0 Å². The third kappa shape index (κ3) is 3.62. The predicted molar refractivity (Wildman–Crippen MR) is 73.4 cm³/mol. The van der Waals surface area contributed by atoms with E-state index in [0.717, 1.165) is 19.3 Å². The van der Waals surface area contributed by atoms with Crippen molar-refractivity contribution in [2.45, 2.75) is 44.8 Å². The van der Waals surface area contributed by atoms with E-state index in [1.54, 1.807) is 12.0 Å². The molecule has 1 saturated heterocycles. The maximum atomic E-state index is 12.2. The minimum absolute atomic E-state index is 0.135. The molecule has 4 atom stereocenters. The molecule has 0 aromatic carbocycles. The van der Waals surface area contributed by atoms with Crippen LogP contribution in [0.25, 0.3) is 0 Å². The fourth-order valence-electron chi connectivity index (χ4n) is 3.25. The van der Waals surface area contributed by atoms with Gasteiger partial charge in [0.25, 0.3) is 0 Å². The minimum atomic E-state index is -0.810. The van der Waals surface area contributed by atoms with E-state index in [1.165, 1.54) is 0 Å². The SMILES string of the molecule is COC1CCC(NC(=O)N2CC(C)CC(C(=O)O)C2)C1. The van der Waals surface area contributed by atoms with Crippen LogP contribution >= 0.6 is 0 Å². The van der Waals surface area contributed by atoms with E-state index >= 15 is 0 Å². The number of amides is 2. The summed E-state index contributed by atoms with van der Waals surface area (Å²) in [5, 5.41) is 12.1. The first-order chi connectivity index (χ1) is 9.49. The first-order valence-corrected chi connectivity index (χ1v) is 7.30. The van der Waals surface area contributed by atoms with Crippen molar-refractivity contribution in [2.24, 2.45) is 11.8 Å². The van der Waals surface area contributed by atoms with Gasteiger partial charge in [-0.3, -0.25) is 4.79 Å². The molecule has 0 aromatic rings. The van der Waals surface area contributed by atoms with Crippen molar-refractivity contribution < 1.29 is 19.4 Å². The van der Waals surface area contributed by atoms with Gasteiger partial charge in [-0.15, -0.1) is 0 Å². The summed E-state index contributed by atoms with van der Waals surface area (Å²) < 4.78 is 5.29. The number of carboxylic acids is 1. The molecule has 114 valence electrons. The zero-order valence-electron chi connectivity index (χ0n) is 12.2. The van der Waals surface area contributed by atoms with Crippen molar-refractivity contribution in [1.82, 2.24) is 10.2 Å². The van der Waals surface area contributed by atoms with Crippen LogP contribution in [0.1, 0.15) is 32.6 Å². The van der Waals surface area contributed by atoms with Gasteiger partial charge in [0.2, 0.25) is 0 Å². The summed E-state index contributed by atoms with van der Waals surface area (Å²) in [4.78, 5) is 25.0. The fraction of sp³-hybridized carbons (Fsp3) is 0.857. The van der Waals surface area contributed by atoms with Gasteiger partial charge in [0, 0.05) is 26.2 Å². The van der Waals surface area contributed by atoms with Crippen molar-refractivity contribution in [2.75, 3.05) is 20.2 Å². The van der Waals surface area contributed by atoms with Crippen LogP contribution in [-0.4, -0.2) is 54.4 Å². The number of rotatable bonds is 3. The van der Waals surface area contributed by atoms with Crippen molar-refractivity contribution in [1.29, 1.82) is 0 Å². The lowest BCUT2D eigenvalue weighted by atomic mass is 9.91. The number of carboxylic acid groups (broad SMARTS) is 1. The van der Waals surface area contributed by atoms with E-state index in [1.807, 2.05) is 6.92 Å². The number of urea groups is 1. The van der Waals surface area contributed by atoms with Gasteiger partial charge in [0.15, 0.2) is 0 Å². The molecule has 1 saturated carbocycles. The summed E-state index contributed by atoms with van der Waals surface area (Å²) in [6.07, 6.45) is 3.61. The van der Waals surface area contributed by atoms with E-state index in [2.05, 4.69) is 5.32 Å². The van der Waals surface area contributed by atoms with Gasteiger partial charge in [-0.1, -0.05) is 6.92 Å². The van der Waals surface area contributed by atoms with Crippen LogP contribution in [0.2, 0.25) is 0 Å². The number of hydrogen-bond donors (Lipinski definition) is 2. The second-order valence-electron chi connectivity index (χ2n) is 6.10. The van der Waals surface area contributed by atoms with E-state index in [-0.39, 0.29) is 24.1 Å². The van der Waals surface area contributed by atoms with Crippen LogP contribution in [-0.2, 0) is 9.53 Å². The second-order valence-corrected chi connectivity index (χ2v) is 6.10. The standard InChI is InChI=1S/C14H24N2O4/c1-9-5-10(13(17)18)8-16(7-9)14(19)15-11-3-4-12(6-11)20-2/h9-12H,3-8H2,1-2H3,(H,15,19)(H,17,18). The second kappa shape index (κ2) is 6.43. The molecule has 2 amide bonds. The van der Waals surface area contributed by atoms with Gasteiger partial charge < -0.3 is 20.1 Å². The maximum Gasteiger partial charge on any atom is 0.317 e. The molecule has 1 heterocycles. The van der Waals surface area contributed by atoms with Crippen molar-refractivity contribution in [3.05, 3.63) is 0 Å². The number of methoxy groups -OCH3 is 1. The van der Waals surface area contributed by atoms with Crippen LogP contribution < -0.4 is 5.32 Å². The number of aliphatic carboxylic acids is 1. The first-order valence-electron chi connectivity index (χ1n) is 7.30. The van der Waals surface area contributed by atoms with Gasteiger partial charge >= 0.3 is 12.0 Å². The van der Waals surface area contributed by atoms with Gasteiger partial charge in [0.1, 0.15) is 0 Å². The molecule has 0 bridgehead atoms. The number of nitrogens with zero attached hydrogens (tertiary/aromatic N) is 1. The Kier molecular flexibility index (Phi) is 4.86. The van der Waals surface area contributed by atoms with Crippen LogP contribution in [0.5, 0.6) is 0 Å². The Hall–Kier alpha value is -1.30. The van der Waals surface area contributed by atoms with E-state index in [0.29, 0.717) is 19.5 Å². The number of likely N-dealkylation sites (tertiary alicyclic amines) is 1. The van der Waals surface area contributed by atoms with Gasteiger partial charge in [0.05, 0.1) is 12.0 Å². The highest BCUT2D eigenvalue weighted by molar-refractivity contribution is 5.76. The van der Waals surface area contributed by atoms with Crippen LogP contribution in [0.15, 0.2) is 0 Å². The van der Waals surface area contributed by atoms with Crippen molar-refractivity contribution in [3.8, 4) is 0 Å². The van der Waals surface area contributed by atoms with E-state index in [9.17, 15) is 9.59 Å². The van der Waals surface area contributed by atoms with Gasteiger partial charge in [-0.05, 0) is 31.6 Å². The lowest BCUT2D eigenvalue weighted by Crippen LogP contribution is -2.51. The molecule has 0 spiro atoms. The summed E-state index contributed by atoms with van der Waals surface area (Å²) in [7, 11) is 1.69. The molecule has 1 aliphatic carbocycles. The number of ether oxygens (including phenoxy) is 1.